The minimum absolute atomic E-state index is 0. The van der Waals surface area contributed by atoms with Crippen molar-refractivity contribution >= 4 is 17.6 Å². The van der Waals surface area contributed by atoms with Gasteiger partial charge >= 0.3 is 29.6 Å². The molecule has 0 atom stereocenters. The number of carbonyl (C=O) groups excluding carboxylic acids is 1. The molecule has 0 fully saturated rings. The summed E-state index contributed by atoms with van der Waals surface area (Å²) in [7, 11) is 0. The molecule has 0 aliphatic heterocycles. The largest absolute Gasteiger partial charge is 1.00 e. The Morgan fingerprint density at radius 3 is 2.67 bits per heavy atom. The maximum absolute atomic E-state index is 10.3. The van der Waals surface area contributed by atoms with Gasteiger partial charge < -0.3 is 9.90 Å². The van der Waals surface area contributed by atoms with Gasteiger partial charge in [-0.1, -0.05) is 18.2 Å². The van der Waals surface area contributed by atoms with Gasteiger partial charge in [0.25, 0.3) is 0 Å². The molecular weight excluding hydrogens is 187 g/mol. The number of aromatic carboxylic acids is 1. The van der Waals surface area contributed by atoms with Gasteiger partial charge in [0, 0.05) is 5.88 Å². The molecule has 0 unspecified atom stereocenters. The summed E-state index contributed by atoms with van der Waals surface area (Å²) in [5, 5.41) is 10.3. The maximum atomic E-state index is 10.3. The van der Waals surface area contributed by atoms with Crippen LogP contribution in [0.4, 0.5) is 0 Å². The van der Waals surface area contributed by atoms with E-state index >= 15 is 0 Å². The molecule has 0 bridgehead atoms. The Hall–Kier alpha value is -0.0200. The minimum atomic E-state index is -1.17. The van der Waals surface area contributed by atoms with Gasteiger partial charge in [-0.15, -0.1) is 11.6 Å². The normalized spacial score (nSPS) is 8.75. The number of halogens is 1. The zero-order chi connectivity index (χ0) is 8.27. The first kappa shape index (κ1) is 12.0. The SMILES string of the molecule is O=C([O-])c1cccc(CCl)c1.[Na+]. The predicted octanol–water partition coefficient (Wildman–Crippen LogP) is -2.21. The van der Waals surface area contributed by atoms with Crippen LogP contribution in [-0.4, -0.2) is 5.97 Å². The van der Waals surface area contributed by atoms with E-state index < -0.39 is 5.97 Å². The summed E-state index contributed by atoms with van der Waals surface area (Å²) in [4.78, 5) is 10.3. The first-order chi connectivity index (χ1) is 5.24. The van der Waals surface area contributed by atoms with Crippen LogP contribution in [-0.2, 0) is 5.88 Å². The molecule has 12 heavy (non-hydrogen) atoms. The number of alkyl halides is 1. The third kappa shape index (κ3) is 3.15. The van der Waals surface area contributed by atoms with Gasteiger partial charge in [0.15, 0.2) is 0 Å². The summed E-state index contributed by atoms with van der Waals surface area (Å²) >= 11 is 5.49. The first-order valence-corrected chi connectivity index (χ1v) is 3.63. The van der Waals surface area contributed by atoms with E-state index in [1.807, 2.05) is 0 Å². The van der Waals surface area contributed by atoms with Crippen molar-refractivity contribution in [1.29, 1.82) is 0 Å². The summed E-state index contributed by atoms with van der Waals surface area (Å²) in [6, 6.07) is 6.38. The summed E-state index contributed by atoms with van der Waals surface area (Å²) in [5.41, 5.74) is 0.955. The molecular formula is C8H6ClNaO2. The van der Waals surface area contributed by atoms with Gasteiger partial charge in [-0.2, -0.15) is 0 Å². The minimum Gasteiger partial charge on any atom is -0.545 e. The molecule has 0 aliphatic rings. The number of carbonyl (C=O) groups is 1. The van der Waals surface area contributed by atoms with Crippen LogP contribution in [0.1, 0.15) is 15.9 Å². The van der Waals surface area contributed by atoms with E-state index in [0.29, 0.717) is 5.88 Å². The molecule has 4 heteroatoms. The molecule has 0 saturated carbocycles. The van der Waals surface area contributed by atoms with Crippen LogP contribution in [0.15, 0.2) is 24.3 Å². The molecule has 0 aromatic heterocycles. The second-order valence-corrected chi connectivity index (χ2v) is 2.39. The fourth-order valence-corrected chi connectivity index (χ4v) is 0.948. The Morgan fingerprint density at radius 2 is 2.17 bits per heavy atom. The molecule has 1 rings (SSSR count). The van der Waals surface area contributed by atoms with Crippen molar-refractivity contribution < 1.29 is 39.5 Å². The van der Waals surface area contributed by atoms with E-state index in [4.69, 9.17) is 11.6 Å². The van der Waals surface area contributed by atoms with Crippen molar-refractivity contribution in [3.05, 3.63) is 35.4 Å². The summed E-state index contributed by atoms with van der Waals surface area (Å²) in [6.07, 6.45) is 0. The average molecular weight is 193 g/mol. The third-order valence-electron chi connectivity index (χ3n) is 1.32. The Kier molecular flexibility index (Phi) is 5.59. The molecule has 2 nitrogen and oxygen atoms in total. The monoisotopic (exact) mass is 192 g/mol. The standard InChI is InChI=1S/C8H7ClO2.Na/c9-5-6-2-1-3-7(4-6)8(10)11;/h1-4H,5H2,(H,10,11);/q;+1/p-1. The van der Waals surface area contributed by atoms with Crippen molar-refractivity contribution in [1.82, 2.24) is 0 Å². The maximum Gasteiger partial charge on any atom is 1.00 e. The van der Waals surface area contributed by atoms with Crippen LogP contribution in [0.3, 0.4) is 0 Å². The number of carboxylic acid groups (broad SMARTS) is 1. The van der Waals surface area contributed by atoms with Crippen molar-refractivity contribution in [3.63, 3.8) is 0 Å². The van der Waals surface area contributed by atoms with Gasteiger partial charge in [0.2, 0.25) is 0 Å². The van der Waals surface area contributed by atoms with Crippen molar-refractivity contribution in [2.45, 2.75) is 5.88 Å². The molecule has 1 aromatic rings. The Morgan fingerprint density at radius 1 is 1.50 bits per heavy atom. The van der Waals surface area contributed by atoms with Crippen LogP contribution < -0.4 is 34.7 Å². The number of hydrogen-bond donors (Lipinski definition) is 0. The summed E-state index contributed by atoms with van der Waals surface area (Å²) < 4.78 is 0. The van der Waals surface area contributed by atoms with E-state index in [1.54, 1.807) is 12.1 Å². The second-order valence-electron chi connectivity index (χ2n) is 2.12. The fraction of sp³-hybridized carbons (Fsp3) is 0.125. The van der Waals surface area contributed by atoms with Crippen molar-refractivity contribution in [2.75, 3.05) is 0 Å². The molecule has 0 saturated heterocycles. The molecule has 0 amide bonds. The summed E-state index contributed by atoms with van der Waals surface area (Å²) in [5.74, 6) is -0.849. The molecule has 1 aromatic carbocycles. The van der Waals surface area contributed by atoms with Crippen LogP contribution in [0, 0.1) is 0 Å². The van der Waals surface area contributed by atoms with Gasteiger partial charge in [-0.3, -0.25) is 0 Å². The molecule has 0 radical (unpaired) electrons. The predicted molar refractivity (Wildman–Crippen MR) is 40.3 cm³/mol. The smallest absolute Gasteiger partial charge is 0.545 e. The quantitative estimate of drug-likeness (QED) is 0.394. The van der Waals surface area contributed by atoms with Crippen LogP contribution in [0.5, 0.6) is 0 Å². The molecule has 0 heterocycles. The van der Waals surface area contributed by atoms with E-state index in [1.165, 1.54) is 12.1 Å². The van der Waals surface area contributed by atoms with Gasteiger partial charge in [-0.05, 0) is 17.2 Å². The van der Waals surface area contributed by atoms with E-state index in [-0.39, 0.29) is 35.1 Å². The molecule has 58 valence electrons. The number of benzene rings is 1. The average Bonchev–Trinajstić information content (AvgIpc) is 2.05. The summed E-state index contributed by atoms with van der Waals surface area (Å²) in [6.45, 7) is 0. The molecule has 0 aliphatic carbocycles. The number of hydrogen-bond acceptors (Lipinski definition) is 2. The first-order valence-electron chi connectivity index (χ1n) is 3.10. The van der Waals surface area contributed by atoms with Crippen LogP contribution in [0.2, 0.25) is 0 Å². The Bertz CT molecular complexity index is 276. The van der Waals surface area contributed by atoms with E-state index in [2.05, 4.69) is 0 Å². The number of rotatable bonds is 2. The molecule has 0 N–H and O–H groups in total. The van der Waals surface area contributed by atoms with Crippen LogP contribution >= 0.6 is 11.6 Å². The zero-order valence-electron chi connectivity index (χ0n) is 6.71. The van der Waals surface area contributed by atoms with E-state index in [9.17, 15) is 9.90 Å². The zero-order valence-corrected chi connectivity index (χ0v) is 9.47. The van der Waals surface area contributed by atoms with Gasteiger partial charge in [-0.25, -0.2) is 0 Å². The second kappa shape index (κ2) is 5.60. The fourth-order valence-electron chi connectivity index (χ4n) is 0.781. The van der Waals surface area contributed by atoms with E-state index in [0.717, 1.165) is 5.56 Å². The van der Waals surface area contributed by atoms with Gasteiger partial charge in [0.1, 0.15) is 0 Å². The van der Waals surface area contributed by atoms with Crippen molar-refractivity contribution in [2.24, 2.45) is 0 Å². The number of carboxylic acids is 1. The van der Waals surface area contributed by atoms with Crippen molar-refractivity contribution in [3.8, 4) is 0 Å². The Labute approximate surface area is 97.8 Å². The Balaban J connectivity index is 0.00000121. The van der Waals surface area contributed by atoms with Gasteiger partial charge in [0.05, 0.1) is 5.97 Å². The molecule has 0 spiro atoms. The van der Waals surface area contributed by atoms with Crippen LogP contribution in [0.25, 0.3) is 0 Å². The topological polar surface area (TPSA) is 40.1 Å². The third-order valence-corrected chi connectivity index (χ3v) is 1.63.